The molecule has 0 amide bonds. The Morgan fingerprint density at radius 1 is 0.905 bits per heavy atom. The summed E-state index contributed by atoms with van der Waals surface area (Å²) in [7, 11) is 1.66. The van der Waals surface area contributed by atoms with Crippen LogP contribution in [0.1, 0.15) is 19.8 Å². The lowest BCUT2D eigenvalue weighted by atomic mass is 10.2. The predicted molar refractivity (Wildman–Crippen MR) is 80.8 cm³/mol. The van der Waals surface area contributed by atoms with Gasteiger partial charge in [-0.3, -0.25) is 0 Å². The molecule has 0 spiro atoms. The van der Waals surface area contributed by atoms with Gasteiger partial charge < -0.3 is 29.0 Å². The molecule has 0 bridgehead atoms. The Bertz CT molecular complexity index is 230. The molecule has 1 fully saturated rings. The van der Waals surface area contributed by atoms with Gasteiger partial charge in [0.2, 0.25) is 0 Å². The first-order valence-electron chi connectivity index (χ1n) is 7.95. The highest BCUT2D eigenvalue weighted by Gasteiger charge is 2.24. The third kappa shape index (κ3) is 10.2. The minimum atomic E-state index is 0.242. The van der Waals surface area contributed by atoms with Crippen LogP contribution in [0.25, 0.3) is 0 Å². The first-order valence-corrected chi connectivity index (χ1v) is 7.95. The molecule has 1 rings (SSSR count). The van der Waals surface area contributed by atoms with Crippen LogP contribution in [0.2, 0.25) is 0 Å². The quantitative estimate of drug-likeness (QED) is 0.480. The Labute approximate surface area is 128 Å². The number of methoxy groups -OCH3 is 1. The van der Waals surface area contributed by atoms with Gasteiger partial charge in [-0.2, -0.15) is 0 Å². The van der Waals surface area contributed by atoms with Crippen molar-refractivity contribution in [2.24, 2.45) is 0 Å². The summed E-state index contributed by atoms with van der Waals surface area (Å²) in [5, 5.41) is 3.31. The van der Waals surface area contributed by atoms with E-state index < -0.39 is 0 Å². The van der Waals surface area contributed by atoms with E-state index in [2.05, 4.69) is 12.2 Å². The van der Waals surface area contributed by atoms with Crippen molar-refractivity contribution >= 4 is 0 Å². The lowest BCUT2D eigenvalue weighted by Gasteiger charge is -2.14. The molecule has 2 unspecified atom stereocenters. The van der Waals surface area contributed by atoms with Crippen LogP contribution in [-0.4, -0.2) is 78.7 Å². The zero-order valence-corrected chi connectivity index (χ0v) is 13.5. The lowest BCUT2D eigenvalue weighted by Crippen LogP contribution is -2.27. The first kappa shape index (κ1) is 18.8. The summed E-state index contributed by atoms with van der Waals surface area (Å²) in [5.41, 5.74) is 0. The predicted octanol–water partition coefficient (Wildman–Crippen LogP) is 0.840. The SMILES string of the molecule is CCNCC1CCC(COCCOCCOCCOC)O1. The van der Waals surface area contributed by atoms with Gasteiger partial charge in [-0.05, 0) is 19.4 Å². The number of likely N-dealkylation sites (N-methyl/N-ethyl adjacent to an activating group) is 1. The summed E-state index contributed by atoms with van der Waals surface area (Å²) in [5.74, 6) is 0. The van der Waals surface area contributed by atoms with Crippen molar-refractivity contribution in [2.75, 3.05) is 66.4 Å². The van der Waals surface area contributed by atoms with E-state index in [1.54, 1.807) is 7.11 Å². The minimum Gasteiger partial charge on any atom is -0.382 e. The second-order valence-electron chi connectivity index (χ2n) is 5.06. The van der Waals surface area contributed by atoms with Crippen molar-refractivity contribution in [2.45, 2.75) is 32.0 Å². The Hall–Kier alpha value is -0.240. The van der Waals surface area contributed by atoms with Crippen molar-refractivity contribution in [3.63, 3.8) is 0 Å². The van der Waals surface area contributed by atoms with Crippen molar-refractivity contribution in [1.82, 2.24) is 5.32 Å². The van der Waals surface area contributed by atoms with E-state index in [-0.39, 0.29) is 6.10 Å². The maximum atomic E-state index is 5.89. The zero-order chi connectivity index (χ0) is 15.2. The largest absolute Gasteiger partial charge is 0.382 e. The molecule has 1 N–H and O–H groups in total. The van der Waals surface area contributed by atoms with Crippen LogP contribution in [-0.2, 0) is 23.7 Å². The van der Waals surface area contributed by atoms with Crippen molar-refractivity contribution in [1.29, 1.82) is 0 Å². The number of hydrogen-bond donors (Lipinski definition) is 1. The van der Waals surface area contributed by atoms with Crippen LogP contribution in [0.3, 0.4) is 0 Å². The molecule has 126 valence electrons. The molecule has 0 aromatic heterocycles. The van der Waals surface area contributed by atoms with Gasteiger partial charge in [-0.25, -0.2) is 0 Å². The van der Waals surface area contributed by atoms with Crippen LogP contribution >= 0.6 is 0 Å². The van der Waals surface area contributed by atoms with Gasteiger partial charge in [0.1, 0.15) is 0 Å². The number of nitrogens with one attached hydrogen (secondary N) is 1. The molecular formula is C15H31NO5. The van der Waals surface area contributed by atoms with E-state index in [1.165, 1.54) is 0 Å². The van der Waals surface area contributed by atoms with Gasteiger partial charge in [0.25, 0.3) is 0 Å². The van der Waals surface area contributed by atoms with E-state index in [9.17, 15) is 0 Å². The maximum Gasteiger partial charge on any atom is 0.0813 e. The number of rotatable bonds is 14. The molecule has 6 nitrogen and oxygen atoms in total. The van der Waals surface area contributed by atoms with E-state index in [0.717, 1.165) is 25.9 Å². The van der Waals surface area contributed by atoms with Gasteiger partial charge in [0, 0.05) is 13.7 Å². The number of hydrogen-bond acceptors (Lipinski definition) is 6. The molecule has 6 heteroatoms. The average molecular weight is 305 g/mol. The summed E-state index contributed by atoms with van der Waals surface area (Å²) in [6.45, 7) is 8.35. The molecule has 0 saturated carbocycles. The summed E-state index contributed by atoms with van der Waals surface area (Å²) in [4.78, 5) is 0. The highest BCUT2D eigenvalue weighted by atomic mass is 16.6. The fraction of sp³-hybridized carbons (Fsp3) is 1.00. The second-order valence-corrected chi connectivity index (χ2v) is 5.06. The molecule has 1 heterocycles. The molecule has 2 atom stereocenters. The molecule has 1 saturated heterocycles. The van der Waals surface area contributed by atoms with Crippen LogP contribution in [0.15, 0.2) is 0 Å². The molecule has 1 aliphatic heterocycles. The standard InChI is InChI=1S/C15H31NO5/c1-3-16-12-14-4-5-15(21-14)13-20-11-10-19-9-8-18-7-6-17-2/h14-16H,3-13H2,1-2H3. The Morgan fingerprint density at radius 3 is 2.19 bits per heavy atom. The average Bonchev–Trinajstić information content (AvgIpc) is 2.95. The van der Waals surface area contributed by atoms with Crippen molar-refractivity contribution in [3.8, 4) is 0 Å². The third-order valence-corrected chi connectivity index (χ3v) is 3.30. The van der Waals surface area contributed by atoms with E-state index in [4.69, 9.17) is 23.7 Å². The number of ether oxygens (including phenoxy) is 5. The fourth-order valence-electron chi connectivity index (χ4n) is 2.16. The van der Waals surface area contributed by atoms with Gasteiger partial charge in [-0.15, -0.1) is 0 Å². The monoisotopic (exact) mass is 305 g/mol. The fourth-order valence-corrected chi connectivity index (χ4v) is 2.16. The van der Waals surface area contributed by atoms with Gasteiger partial charge in [-0.1, -0.05) is 6.92 Å². The maximum absolute atomic E-state index is 5.89. The Balaban J connectivity index is 1.80. The highest BCUT2D eigenvalue weighted by Crippen LogP contribution is 2.19. The first-order chi connectivity index (χ1) is 10.4. The van der Waals surface area contributed by atoms with E-state index >= 15 is 0 Å². The Kier molecular flexibility index (Phi) is 12.0. The smallest absolute Gasteiger partial charge is 0.0813 e. The van der Waals surface area contributed by atoms with E-state index in [1.807, 2.05) is 0 Å². The zero-order valence-electron chi connectivity index (χ0n) is 13.5. The molecular weight excluding hydrogens is 274 g/mol. The topological polar surface area (TPSA) is 58.2 Å². The van der Waals surface area contributed by atoms with Crippen molar-refractivity contribution < 1.29 is 23.7 Å². The summed E-state index contributed by atoms with van der Waals surface area (Å²) in [6, 6.07) is 0. The molecule has 0 aromatic rings. The lowest BCUT2D eigenvalue weighted by molar-refractivity contribution is -0.0348. The normalized spacial score (nSPS) is 22.0. The molecule has 0 radical (unpaired) electrons. The molecule has 21 heavy (non-hydrogen) atoms. The van der Waals surface area contributed by atoms with Gasteiger partial charge >= 0.3 is 0 Å². The highest BCUT2D eigenvalue weighted by molar-refractivity contribution is 4.74. The second kappa shape index (κ2) is 13.4. The van der Waals surface area contributed by atoms with Crippen LogP contribution in [0.5, 0.6) is 0 Å². The summed E-state index contributed by atoms with van der Waals surface area (Å²) in [6.07, 6.45) is 2.80. The van der Waals surface area contributed by atoms with Crippen molar-refractivity contribution in [3.05, 3.63) is 0 Å². The van der Waals surface area contributed by atoms with Gasteiger partial charge in [0.15, 0.2) is 0 Å². The van der Waals surface area contributed by atoms with Gasteiger partial charge in [0.05, 0.1) is 58.5 Å². The molecule has 0 aromatic carbocycles. The van der Waals surface area contributed by atoms with Crippen LogP contribution in [0.4, 0.5) is 0 Å². The minimum absolute atomic E-state index is 0.242. The summed E-state index contributed by atoms with van der Waals surface area (Å²) < 4.78 is 27.0. The van der Waals surface area contributed by atoms with E-state index in [0.29, 0.717) is 52.4 Å². The third-order valence-electron chi connectivity index (χ3n) is 3.30. The Morgan fingerprint density at radius 2 is 1.52 bits per heavy atom. The van der Waals surface area contributed by atoms with Crippen LogP contribution < -0.4 is 5.32 Å². The molecule has 1 aliphatic rings. The van der Waals surface area contributed by atoms with Crippen LogP contribution in [0, 0.1) is 0 Å². The summed E-state index contributed by atoms with van der Waals surface area (Å²) >= 11 is 0. The molecule has 0 aliphatic carbocycles.